The number of nitrogens with zero attached hydrogens (tertiary/aromatic N) is 1. The highest BCUT2D eigenvalue weighted by Crippen LogP contribution is 2.25. The molecular weight excluding hydrogens is 282 g/mol. The lowest BCUT2D eigenvalue weighted by Crippen LogP contribution is -2.29. The number of benzene rings is 1. The van der Waals surface area contributed by atoms with Crippen molar-refractivity contribution in [3.8, 4) is 0 Å². The second-order valence-corrected chi connectivity index (χ2v) is 4.33. The Morgan fingerprint density at radius 3 is 2.81 bits per heavy atom. The number of hydrogen-bond acceptors (Lipinski definition) is 3. The number of urea groups is 1. The first-order valence-corrected chi connectivity index (χ1v) is 6.37. The van der Waals surface area contributed by atoms with E-state index in [0.717, 1.165) is 11.0 Å². The summed E-state index contributed by atoms with van der Waals surface area (Å²) in [6.07, 6.45) is 3.25. The highest BCUT2D eigenvalue weighted by atomic mass is 19.1. The van der Waals surface area contributed by atoms with E-state index in [1.54, 1.807) is 19.1 Å². The SMILES string of the molecule is CC=CCOC(=O)c1cc(N2CCNC2=O)c(F)cc1F. The van der Waals surface area contributed by atoms with Gasteiger partial charge in [0.1, 0.15) is 18.2 Å². The molecule has 112 valence electrons. The topological polar surface area (TPSA) is 58.6 Å². The van der Waals surface area contributed by atoms with Gasteiger partial charge >= 0.3 is 12.0 Å². The van der Waals surface area contributed by atoms with Gasteiger partial charge in [-0.05, 0) is 13.0 Å². The fourth-order valence-electron chi connectivity index (χ4n) is 1.90. The number of allylic oxidation sites excluding steroid dienone is 1. The highest BCUT2D eigenvalue weighted by Gasteiger charge is 2.26. The first kappa shape index (κ1) is 15.0. The van der Waals surface area contributed by atoms with Crippen molar-refractivity contribution < 1.29 is 23.1 Å². The van der Waals surface area contributed by atoms with Crippen LogP contribution in [0.1, 0.15) is 17.3 Å². The molecule has 1 saturated heterocycles. The summed E-state index contributed by atoms with van der Waals surface area (Å²) in [5.41, 5.74) is -0.556. The van der Waals surface area contributed by atoms with Gasteiger partial charge in [0.25, 0.3) is 0 Å². The molecule has 2 amide bonds. The van der Waals surface area contributed by atoms with Crippen molar-refractivity contribution in [2.45, 2.75) is 6.92 Å². The fraction of sp³-hybridized carbons (Fsp3) is 0.286. The summed E-state index contributed by atoms with van der Waals surface area (Å²) in [5.74, 6) is -2.85. The van der Waals surface area contributed by atoms with Crippen LogP contribution in [0.2, 0.25) is 0 Å². The van der Waals surface area contributed by atoms with Crippen LogP contribution in [-0.4, -0.2) is 31.7 Å². The molecule has 0 aliphatic carbocycles. The van der Waals surface area contributed by atoms with Crippen LogP contribution in [0.3, 0.4) is 0 Å². The normalized spacial score (nSPS) is 14.6. The summed E-state index contributed by atoms with van der Waals surface area (Å²) in [5, 5.41) is 2.50. The monoisotopic (exact) mass is 296 g/mol. The van der Waals surface area contributed by atoms with Crippen LogP contribution in [0, 0.1) is 11.6 Å². The average Bonchev–Trinajstić information content (AvgIpc) is 2.85. The summed E-state index contributed by atoms with van der Waals surface area (Å²) in [7, 11) is 0. The molecule has 0 saturated carbocycles. The van der Waals surface area contributed by atoms with Crippen LogP contribution in [0.5, 0.6) is 0 Å². The molecule has 2 rings (SSSR count). The lowest BCUT2D eigenvalue weighted by Gasteiger charge is -2.16. The van der Waals surface area contributed by atoms with E-state index in [-0.39, 0.29) is 18.8 Å². The third kappa shape index (κ3) is 3.18. The Kier molecular flexibility index (Phi) is 4.52. The van der Waals surface area contributed by atoms with Gasteiger partial charge in [-0.2, -0.15) is 0 Å². The highest BCUT2D eigenvalue weighted by molar-refractivity contribution is 5.97. The van der Waals surface area contributed by atoms with Crippen molar-refractivity contribution in [2.24, 2.45) is 0 Å². The van der Waals surface area contributed by atoms with Crippen LogP contribution < -0.4 is 10.2 Å². The van der Waals surface area contributed by atoms with Crippen molar-refractivity contribution in [1.82, 2.24) is 5.32 Å². The quantitative estimate of drug-likeness (QED) is 0.684. The number of anilines is 1. The van der Waals surface area contributed by atoms with Gasteiger partial charge in [0, 0.05) is 19.2 Å². The largest absolute Gasteiger partial charge is 0.458 e. The molecule has 1 fully saturated rings. The van der Waals surface area contributed by atoms with Crippen LogP contribution in [0.4, 0.5) is 19.3 Å². The number of halogens is 2. The molecule has 1 N–H and O–H groups in total. The fourth-order valence-corrected chi connectivity index (χ4v) is 1.90. The van der Waals surface area contributed by atoms with Gasteiger partial charge in [-0.15, -0.1) is 0 Å². The molecule has 7 heteroatoms. The Hall–Kier alpha value is -2.44. The molecule has 0 bridgehead atoms. The molecule has 1 heterocycles. The van der Waals surface area contributed by atoms with Gasteiger partial charge in [-0.25, -0.2) is 18.4 Å². The number of carbonyl (C=O) groups is 2. The molecule has 1 aromatic rings. The second kappa shape index (κ2) is 6.34. The van der Waals surface area contributed by atoms with E-state index in [1.807, 2.05) is 0 Å². The van der Waals surface area contributed by atoms with E-state index in [0.29, 0.717) is 12.6 Å². The minimum Gasteiger partial charge on any atom is -0.458 e. The van der Waals surface area contributed by atoms with Gasteiger partial charge < -0.3 is 10.1 Å². The molecule has 0 aromatic heterocycles. The Morgan fingerprint density at radius 2 is 2.19 bits per heavy atom. The Balaban J connectivity index is 2.29. The molecule has 5 nitrogen and oxygen atoms in total. The summed E-state index contributed by atoms with van der Waals surface area (Å²) in [4.78, 5) is 24.4. The Bertz CT molecular complexity index is 602. The number of amides is 2. The van der Waals surface area contributed by atoms with E-state index >= 15 is 0 Å². The predicted octanol–water partition coefficient (Wildman–Crippen LogP) is 2.23. The standard InChI is InChI=1S/C14H14F2N2O3/c1-2-3-6-21-13(19)9-7-12(11(16)8-10(9)15)18-5-4-17-14(18)20/h2-3,7-8H,4-6H2,1H3,(H,17,20). The summed E-state index contributed by atoms with van der Waals surface area (Å²) >= 11 is 0. The second-order valence-electron chi connectivity index (χ2n) is 4.33. The molecule has 0 radical (unpaired) electrons. The lowest BCUT2D eigenvalue weighted by molar-refractivity contribution is 0.0544. The number of ether oxygens (including phenoxy) is 1. The van der Waals surface area contributed by atoms with E-state index in [1.165, 1.54) is 0 Å². The molecule has 1 aliphatic rings. The number of hydrogen-bond donors (Lipinski definition) is 1. The molecule has 0 unspecified atom stereocenters. The van der Waals surface area contributed by atoms with E-state index in [9.17, 15) is 18.4 Å². The maximum Gasteiger partial charge on any atom is 0.341 e. The maximum absolute atomic E-state index is 13.8. The third-order valence-corrected chi connectivity index (χ3v) is 2.95. The predicted molar refractivity (Wildman–Crippen MR) is 72.2 cm³/mol. The Labute approximate surface area is 120 Å². The van der Waals surface area contributed by atoms with Crippen LogP contribution in [-0.2, 0) is 4.74 Å². The zero-order valence-electron chi connectivity index (χ0n) is 11.4. The lowest BCUT2D eigenvalue weighted by atomic mass is 10.1. The summed E-state index contributed by atoms with van der Waals surface area (Å²) in [6, 6.07) is 1.08. The average molecular weight is 296 g/mol. The van der Waals surface area contributed by atoms with Crippen LogP contribution >= 0.6 is 0 Å². The number of nitrogens with one attached hydrogen (secondary N) is 1. The maximum atomic E-state index is 13.8. The van der Waals surface area contributed by atoms with Crippen molar-refractivity contribution in [1.29, 1.82) is 0 Å². The van der Waals surface area contributed by atoms with Gasteiger partial charge in [-0.3, -0.25) is 4.90 Å². The summed E-state index contributed by atoms with van der Waals surface area (Å²) in [6.45, 7) is 2.34. The molecule has 0 spiro atoms. The zero-order chi connectivity index (χ0) is 15.4. The van der Waals surface area contributed by atoms with Gasteiger partial charge in [0.05, 0.1) is 11.3 Å². The van der Waals surface area contributed by atoms with Crippen LogP contribution in [0.25, 0.3) is 0 Å². The number of carbonyl (C=O) groups excluding carboxylic acids is 2. The van der Waals surface area contributed by atoms with Gasteiger partial charge in [-0.1, -0.05) is 12.2 Å². The molecule has 1 aromatic carbocycles. The number of rotatable bonds is 4. The van der Waals surface area contributed by atoms with E-state index in [2.05, 4.69) is 5.32 Å². The van der Waals surface area contributed by atoms with E-state index in [4.69, 9.17) is 4.74 Å². The molecule has 1 aliphatic heterocycles. The van der Waals surface area contributed by atoms with Crippen LogP contribution in [0.15, 0.2) is 24.3 Å². The van der Waals surface area contributed by atoms with E-state index < -0.39 is 29.2 Å². The van der Waals surface area contributed by atoms with Crippen molar-refractivity contribution in [2.75, 3.05) is 24.6 Å². The Morgan fingerprint density at radius 1 is 1.43 bits per heavy atom. The first-order valence-electron chi connectivity index (χ1n) is 6.37. The third-order valence-electron chi connectivity index (χ3n) is 2.95. The minimum atomic E-state index is -1.03. The smallest absolute Gasteiger partial charge is 0.341 e. The summed E-state index contributed by atoms with van der Waals surface area (Å²) < 4.78 is 32.3. The van der Waals surface area contributed by atoms with Gasteiger partial charge in [0.2, 0.25) is 0 Å². The number of esters is 1. The van der Waals surface area contributed by atoms with Crippen molar-refractivity contribution >= 4 is 17.7 Å². The molecule has 21 heavy (non-hydrogen) atoms. The van der Waals surface area contributed by atoms with Gasteiger partial charge in [0.15, 0.2) is 0 Å². The first-order chi connectivity index (χ1) is 10.0. The minimum absolute atomic E-state index is 0.00825. The zero-order valence-corrected chi connectivity index (χ0v) is 11.4. The van der Waals surface area contributed by atoms with Crippen molar-refractivity contribution in [3.63, 3.8) is 0 Å². The van der Waals surface area contributed by atoms with Crippen molar-refractivity contribution in [3.05, 3.63) is 41.5 Å². The molecular formula is C14H14F2N2O3. The molecule has 0 atom stereocenters.